The van der Waals surface area contributed by atoms with Crippen LogP contribution in [0.15, 0.2) is 18.2 Å². The lowest BCUT2D eigenvalue weighted by Crippen LogP contribution is -2.27. The van der Waals surface area contributed by atoms with E-state index in [0.717, 1.165) is 25.6 Å². The Morgan fingerprint density at radius 3 is 2.67 bits per heavy atom. The van der Waals surface area contributed by atoms with Crippen molar-refractivity contribution in [2.75, 3.05) is 26.7 Å². The van der Waals surface area contributed by atoms with Gasteiger partial charge in [0.2, 0.25) is 0 Å². The van der Waals surface area contributed by atoms with Gasteiger partial charge in [0.15, 0.2) is 0 Å². The Hall–Kier alpha value is -1.00. The summed E-state index contributed by atoms with van der Waals surface area (Å²) in [6.45, 7) is 4.56. The highest BCUT2D eigenvalue weighted by molar-refractivity contribution is 5.18. The molecule has 0 fully saturated rings. The van der Waals surface area contributed by atoms with Crippen molar-refractivity contribution in [1.29, 1.82) is 0 Å². The van der Waals surface area contributed by atoms with Gasteiger partial charge in [-0.2, -0.15) is 0 Å². The summed E-state index contributed by atoms with van der Waals surface area (Å²) in [5, 5.41) is 0. The molecule has 1 rings (SSSR count). The minimum absolute atomic E-state index is 0.460. The van der Waals surface area contributed by atoms with Gasteiger partial charge in [-0.15, -0.1) is 0 Å². The number of likely N-dealkylation sites (N-methyl/N-ethyl adjacent to an activating group) is 1. The lowest BCUT2D eigenvalue weighted by Gasteiger charge is -2.21. The molecule has 1 atom stereocenters. The molecule has 0 aliphatic rings. The summed E-state index contributed by atoms with van der Waals surface area (Å²) in [6.07, 6.45) is 1.59. The molecule has 1 aromatic rings. The molecular formula is C14H22F2N2. The maximum Gasteiger partial charge on any atom is 0.129 e. The quantitative estimate of drug-likeness (QED) is 0.812. The Morgan fingerprint density at radius 2 is 2.06 bits per heavy atom. The molecule has 0 aromatic heterocycles. The van der Waals surface area contributed by atoms with Crippen LogP contribution in [0.4, 0.5) is 8.78 Å². The average Bonchev–Trinajstić information content (AvgIpc) is 2.28. The van der Waals surface area contributed by atoms with Gasteiger partial charge in [0.05, 0.1) is 0 Å². The summed E-state index contributed by atoms with van der Waals surface area (Å²) in [7, 11) is 2.01. The van der Waals surface area contributed by atoms with Crippen molar-refractivity contribution in [3.63, 3.8) is 0 Å². The van der Waals surface area contributed by atoms with Crippen molar-refractivity contribution in [3.8, 4) is 0 Å². The summed E-state index contributed by atoms with van der Waals surface area (Å²) in [4.78, 5) is 2.16. The van der Waals surface area contributed by atoms with E-state index in [1.807, 2.05) is 7.05 Å². The zero-order chi connectivity index (χ0) is 13.5. The molecule has 4 heteroatoms. The van der Waals surface area contributed by atoms with Crippen molar-refractivity contribution >= 4 is 0 Å². The van der Waals surface area contributed by atoms with E-state index < -0.39 is 11.6 Å². The van der Waals surface area contributed by atoms with E-state index in [1.165, 1.54) is 12.1 Å². The molecule has 0 aliphatic heterocycles. The molecule has 102 valence electrons. The van der Waals surface area contributed by atoms with Crippen LogP contribution in [0.3, 0.4) is 0 Å². The van der Waals surface area contributed by atoms with E-state index in [4.69, 9.17) is 5.73 Å². The molecule has 0 saturated heterocycles. The molecule has 0 bridgehead atoms. The van der Waals surface area contributed by atoms with Gasteiger partial charge < -0.3 is 10.6 Å². The molecule has 0 amide bonds. The van der Waals surface area contributed by atoms with Crippen LogP contribution in [-0.2, 0) is 6.42 Å². The number of benzene rings is 1. The van der Waals surface area contributed by atoms with Crippen molar-refractivity contribution in [1.82, 2.24) is 4.90 Å². The topological polar surface area (TPSA) is 29.3 Å². The first-order valence-electron chi connectivity index (χ1n) is 6.35. The smallest absolute Gasteiger partial charge is 0.129 e. The monoisotopic (exact) mass is 256 g/mol. The van der Waals surface area contributed by atoms with E-state index in [2.05, 4.69) is 11.8 Å². The van der Waals surface area contributed by atoms with Gasteiger partial charge in [-0.25, -0.2) is 8.78 Å². The Bertz CT molecular complexity index is 369. The van der Waals surface area contributed by atoms with Crippen molar-refractivity contribution in [2.24, 2.45) is 11.7 Å². The van der Waals surface area contributed by atoms with Gasteiger partial charge in [-0.3, -0.25) is 0 Å². The first-order chi connectivity index (χ1) is 8.52. The number of nitrogens with zero attached hydrogens (tertiary/aromatic N) is 1. The lowest BCUT2D eigenvalue weighted by atomic mass is 10.1. The number of hydrogen-bond donors (Lipinski definition) is 1. The Kier molecular flexibility index (Phi) is 6.22. The van der Waals surface area contributed by atoms with Crippen molar-refractivity contribution < 1.29 is 8.78 Å². The predicted molar refractivity (Wildman–Crippen MR) is 70.4 cm³/mol. The van der Waals surface area contributed by atoms with E-state index >= 15 is 0 Å². The predicted octanol–water partition coefficient (Wildman–Crippen LogP) is 2.42. The summed E-state index contributed by atoms with van der Waals surface area (Å²) in [5.74, 6) is -0.447. The zero-order valence-corrected chi connectivity index (χ0v) is 11.1. The summed E-state index contributed by atoms with van der Waals surface area (Å²) in [6, 6.07) is 3.75. The van der Waals surface area contributed by atoms with Gasteiger partial charge in [-0.05, 0) is 44.0 Å². The Morgan fingerprint density at radius 1 is 1.33 bits per heavy atom. The van der Waals surface area contributed by atoms with Crippen LogP contribution < -0.4 is 5.73 Å². The highest BCUT2D eigenvalue weighted by Gasteiger charge is 2.08. The second-order valence-corrected chi connectivity index (χ2v) is 4.93. The maximum absolute atomic E-state index is 13.4. The largest absolute Gasteiger partial charge is 0.330 e. The van der Waals surface area contributed by atoms with Crippen LogP contribution in [0, 0.1) is 17.6 Å². The van der Waals surface area contributed by atoms with Crippen LogP contribution in [0.1, 0.15) is 18.9 Å². The fraction of sp³-hybridized carbons (Fsp3) is 0.571. The van der Waals surface area contributed by atoms with E-state index in [0.29, 0.717) is 24.4 Å². The molecule has 0 spiro atoms. The van der Waals surface area contributed by atoms with Gasteiger partial charge >= 0.3 is 0 Å². The van der Waals surface area contributed by atoms with E-state index in [1.54, 1.807) is 0 Å². The molecular weight excluding hydrogens is 234 g/mol. The third-order valence-corrected chi connectivity index (χ3v) is 3.06. The van der Waals surface area contributed by atoms with E-state index in [9.17, 15) is 8.78 Å². The number of hydrogen-bond acceptors (Lipinski definition) is 2. The van der Waals surface area contributed by atoms with Crippen LogP contribution >= 0.6 is 0 Å². The fourth-order valence-electron chi connectivity index (χ4n) is 2.03. The second kappa shape index (κ2) is 7.44. The molecule has 2 N–H and O–H groups in total. The standard InChI is InChI=1S/C14H22F2N2/c1-11(5-7-17)10-18(2)8-6-12-3-4-13(15)9-14(12)16/h3-4,9,11H,5-8,10,17H2,1-2H3. The molecule has 0 saturated carbocycles. The maximum atomic E-state index is 13.4. The third-order valence-electron chi connectivity index (χ3n) is 3.06. The first-order valence-corrected chi connectivity index (χ1v) is 6.35. The Balaban J connectivity index is 2.40. The zero-order valence-electron chi connectivity index (χ0n) is 11.1. The highest BCUT2D eigenvalue weighted by atomic mass is 19.1. The van der Waals surface area contributed by atoms with Crippen LogP contribution in [0.25, 0.3) is 0 Å². The molecule has 2 nitrogen and oxygen atoms in total. The summed E-state index contributed by atoms with van der Waals surface area (Å²) < 4.78 is 26.1. The average molecular weight is 256 g/mol. The molecule has 0 radical (unpaired) electrons. The third kappa shape index (κ3) is 5.10. The first kappa shape index (κ1) is 15.1. The number of rotatable bonds is 7. The van der Waals surface area contributed by atoms with Gasteiger partial charge in [0.1, 0.15) is 11.6 Å². The molecule has 18 heavy (non-hydrogen) atoms. The minimum Gasteiger partial charge on any atom is -0.330 e. The molecule has 0 aliphatic carbocycles. The SMILES string of the molecule is CC(CCN)CN(C)CCc1ccc(F)cc1F. The van der Waals surface area contributed by atoms with Crippen LogP contribution in [0.2, 0.25) is 0 Å². The van der Waals surface area contributed by atoms with Crippen molar-refractivity contribution in [2.45, 2.75) is 19.8 Å². The normalized spacial score (nSPS) is 13.0. The van der Waals surface area contributed by atoms with Gasteiger partial charge in [-0.1, -0.05) is 13.0 Å². The van der Waals surface area contributed by atoms with Gasteiger partial charge in [0, 0.05) is 19.2 Å². The molecule has 1 unspecified atom stereocenters. The number of halogens is 2. The molecule has 1 aromatic carbocycles. The van der Waals surface area contributed by atoms with Crippen molar-refractivity contribution in [3.05, 3.63) is 35.4 Å². The molecule has 0 heterocycles. The second-order valence-electron chi connectivity index (χ2n) is 4.93. The lowest BCUT2D eigenvalue weighted by molar-refractivity contribution is 0.282. The highest BCUT2D eigenvalue weighted by Crippen LogP contribution is 2.11. The Labute approximate surface area is 108 Å². The summed E-state index contributed by atoms with van der Waals surface area (Å²) >= 11 is 0. The van der Waals surface area contributed by atoms with Gasteiger partial charge in [0.25, 0.3) is 0 Å². The number of nitrogens with two attached hydrogens (primary N) is 1. The van der Waals surface area contributed by atoms with Crippen LogP contribution in [-0.4, -0.2) is 31.6 Å². The van der Waals surface area contributed by atoms with Crippen LogP contribution in [0.5, 0.6) is 0 Å². The summed E-state index contributed by atoms with van der Waals surface area (Å²) in [5.41, 5.74) is 6.07. The minimum atomic E-state index is -0.527. The van der Waals surface area contributed by atoms with E-state index in [-0.39, 0.29) is 0 Å². The fourth-order valence-corrected chi connectivity index (χ4v) is 2.03.